The van der Waals surface area contributed by atoms with Crippen LogP contribution in [-0.2, 0) is 0 Å². The molecule has 0 amide bonds. The largest absolute Gasteiger partial charge is 0.493 e. The molecule has 0 atom stereocenters. The van der Waals surface area contributed by atoms with Gasteiger partial charge in [-0.25, -0.2) is 9.18 Å². The van der Waals surface area contributed by atoms with Gasteiger partial charge >= 0.3 is 5.97 Å². The number of carbonyl (C=O) groups excluding carboxylic acids is 1. The fourth-order valence-corrected chi connectivity index (χ4v) is 3.05. The van der Waals surface area contributed by atoms with Crippen molar-refractivity contribution in [3.63, 3.8) is 0 Å². The fourth-order valence-electron chi connectivity index (χ4n) is 2.48. The van der Waals surface area contributed by atoms with E-state index in [0.29, 0.717) is 22.6 Å². The highest BCUT2D eigenvalue weighted by molar-refractivity contribution is 9.10. The van der Waals surface area contributed by atoms with Crippen LogP contribution in [0, 0.1) is 5.82 Å². The van der Waals surface area contributed by atoms with E-state index in [-0.39, 0.29) is 16.7 Å². The van der Waals surface area contributed by atoms with Gasteiger partial charge in [-0.05, 0) is 78.4 Å². The third-order valence-electron chi connectivity index (χ3n) is 3.93. The second-order valence-corrected chi connectivity index (χ2v) is 7.47. The molecule has 0 heterocycles. The number of anilines is 1. The first-order chi connectivity index (χ1) is 14.9. The van der Waals surface area contributed by atoms with E-state index < -0.39 is 5.97 Å². The highest BCUT2D eigenvalue weighted by atomic mass is 79.9. The second kappa shape index (κ2) is 10.6. The van der Waals surface area contributed by atoms with Crippen molar-refractivity contribution in [3.8, 4) is 11.5 Å². The minimum atomic E-state index is -0.500. The van der Waals surface area contributed by atoms with Gasteiger partial charge in [-0.1, -0.05) is 22.0 Å². The normalized spacial score (nSPS) is 10.5. The number of hydrogen-bond acceptors (Lipinski definition) is 5. The van der Waals surface area contributed by atoms with E-state index in [4.69, 9.17) is 21.7 Å². The second-order valence-electron chi connectivity index (χ2n) is 6.14. The van der Waals surface area contributed by atoms with Crippen LogP contribution >= 0.6 is 28.1 Å². The zero-order valence-electron chi connectivity index (χ0n) is 16.3. The highest BCUT2D eigenvalue weighted by Crippen LogP contribution is 2.28. The minimum Gasteiger partial charge on any atom is -0.493 e. The lowest BCUT2D eigenvalue weighted by molar-refractivity contribution is 0.0729. The number of rotatable bonds is 6. The summed E-state index contributed by atoms with van der Waals surface area (Å²) in [7, 11) is 1.48. The molecule has 3 aromatic rings. The number of methoxy groups -OCH3 is 1. The number of benzene rings is 3. The van der Waals surface area contributed by atoms with Gasteiger partial charge in [-0.15, -0.1) is 0 Å². The standard InChI is InChI=1S/C22H17BrFN3O3S/c1-29-20-11-14(13-25-27-22(31)26-18-8-6-17(24)7-9-18)5-10-19(20)30-21(28)15-3-2-4-16(23)12-15/h2-13H,1H3,(H2,26,27,31)/b25-13-. The lowest BCUT2D eigenvalue weighted by Gasteiger charge is -2.10. The van der Waals surface area contributed by atoms with Gasteiger partial charge in [0.2, 0.25) is 0 Å². The molecule has 0 bridgehead atoms. The van der Waals surface area contributed by atoms with Crippen molar-refractivity contribution in [3.05, 3.63) is 88.1 Å². The molecule has 0 fully saturated rings. The fraction of sp³-hybridized carbons (Fsp3) is 0.0455. The molecular weight excluding hydrogens is 485 g/mol. The molecule has 0 saturated heterocycles. The summed E-state index contributed by atoms with van der Waals surface area (Å²) in [5, 5.41) is 7.18. The average Bonchev–Trinajstić information content (AvgIpc) is 2.76. The van der Waals surface area contributed by atoms with Crippen molar-refractivity contribution in [2.75, 3.05) is 12.4 Å². The van der Waals surface area contributed by atoms with Gasteiger partial charge in [0.05, 0.1) is 18.9 Å². The Morgan fingerprint density at radius 2 is 1.87 bits per heavy atom. The van der Waals surface area contributed by atoms with Crippen molar-refractivity contribution in [1.29, 1.82) is 0 Å². The monoisotopic (exact) mass is 501 g/mol. The summed E-state index contributed by atoms with van der Waals surface area (Å²) in [6, 6.07) is 17.7. The predicted molar refractivity (Wildman–Crippen MR) is 125 cm³/mol. The van der Waals surface area contributed by atoms with E-state index in [1.54, 1.807) is 48.5 Å². The lowest BCUT2D eigenvalue weighted by Crippen LogP contribution is -2.23. The van der Waals surface area contributed by atoms with Gasteiger partial charge in [0.1, 0.15) is 5.82 Å². The van der Waals surface area contributed by atoms with E-state index in [9.17, 15) is 9.18 Å². The molecule has 0 aliphatic carbocycles. The van der Waals surface area contributed by atoms with Crippen LogP contribution in [0.5, 0.6) is 11.5 Å². The van der Waals surface area contributed by atoms with Gasteiger partial charge in [-0.3, -0.25) is 5.43 Å². The van der Waals surface area contributed by atoms with Gasteiger partial charge in [0, 0.05) is 10.2 Å². The van der Waals surface area contributed by atoms with Gasteiger partial charge in [0.25, 0.3) is 0 Å². The van der Waals surface area contributed by atoms with E-state index in [2.05, 4.69) is 31.8 Å². The summed E-state index contributed by atoms with van der Waals surface area (Å²) >= 11 is 8.47. The van der Waals surface area contributed by atoms with Gasteiger partial charge < -0.3 is 14.8 Å². The summed E-state index contributed by atoms with van der Waals surface area (Å²) in [6.45, 7) is 0. The van der Waals surface area contributed by atoms with Crippen LogP contribution in [0.15, 0.2) is 76.3 Å². The lowest BCUT2D eigenvalue weighted by atomic mass is 10.2. The quantitative estimate of drug-likeness (QED) is 0.160. The molecule has 0 unspecified atom stereocenters. The van der Waals surface area contributed by atoms with Crippen LogP contribution in [-0.4, -0.2) is 24.4 Å². The van der Waals surface area contributed by atoms with Crippen LogP contribution in [0.3, 0.4) is 0 Å². The van der Waals surface area contributed by atoms with Crippen LogP contribution in [0.4, 0.5) is 10.1 Å². The molecule has 0 radical (unpaired) electrons. The maximum absolute atomic E-state index is 12.9. The Kier molecular flexibility index (Phi) is 7.69. The molecule has 9 heteroatoms. The summed E-state index contributed by atoms with van der Waals surface area (Å²) < 4.78 is 24.5. The molecule has 0 spiro atoms. The summed E-state index contributed by atoms with van der Waals surface area (Å²) in [4.78, 5) is 12.4. The van der Waals surface area contributed by atoms with Crippen molar-refractivity contribution in [2.45, 2.75) is 0 Å². The third kappa shape index (κ3) is 6.59. The van der Waals surface area contributed by atoms with Crippen molar-refractivity contribution in [1.82, 2.24) is 5.43 Å². The molecule has 0 aliphatic heterocycles. The van der Waals surface area contributed by atoms with Gasteiger partial charge in [-0.2, -0.15) is 5.10 Å². The van der Waals surface area contributed by atoms with E-state index in [0.717, 1.165) is 4.47 Å². The Hall–Kier alpha value is -3.30. The molecule has 0 aromatic heterocycles. The number of halogens is 2. The third-order valence-corrected chi connectivity index (χ3v) is 4.62. The molecule has 31 heavy (non-hydrogen) atoms. The number of hydrogen-bond donors (Lipinski definition) is 2. The first-order valence-electron chi connectivity index (χ1n) is 8.96. The van der Waals surface area contributed by atoms with Crippen LogP contribution < -0.4 is 20.2 Å². The summed E-state index contributed by atoms with van der Waals surface area (Å²) in [6.07, 6.45) is 1.53. The number of thiocarbonyl (C=S) groups is 1. The number of nitrogens with one attached hydrogen (secondary N) is 2. The first kappa shape index (κ1) is 22.4. The number of esters is 1. The Labute approximate surface area is 192 Å². The van der Waals surface area contributed by atoms with Gasteiger partial charge in [0.15, 0.2) is 16.6 Å². The maximum atomic E-state index is 12.9. The van der Waals surface area contributed by atoms with Crippen molar-refractivity contribution >= 4 is 51.1 Å². The molecule has 2 N–H and O–H groups in total. The van der Waals surface area contributed by atoms with Crippen molar-refractivity contribution < 1.29 is 18.7 Å². The number of ether oxygens (including phenoxy) is 2. The Balaban J connectivity index is 1.61. The Morgan fingerprint density at radius 3 is 2.58 bits per heavy atom. The minimum absolute atomic E-state index is 0.245. The molecule has 6 nitrogen and oxygen atoms in total. The van der Waals surface area contributed by atoms with Crippen LogP contribution in [0.2, 0.25) is 0 Å². The predicted octanol–water partition coefficient (Wildman–Crippen LogP) is 5.14. The SMILES string of the molecule is COc1cc(/C=N\NC(=S)Nc2ccc(F)cc2)ccc1OC(=O)c1cccc(Br)c1. The maximum Gasteiger partial charge on any atom is 0.343 e. The number of carbonyl (C=O) groups is 1. The Morgan fingerprint density at radius 1 is 1.10 bits per heavy atom. The molecule has 3 rings (SSSR count). The van der Waals surface area contributed by atoms with E-state index in [1.165, 1.54) is 25.5 Å². The summed E-state index contributed by atoms with van der Waals surface area (Å²) in [5.41, 5.74) is 4.40. The smallest absolute Gasteiger partial charge is 0.343 e. The highest BCUT2D eigenvalue weighted by Gasteiger charge is 2.13. The van der Waals surface area contributed by atoms with E-state index >= 15 is 0 Å². The number of hydrazone groups is 1. The van der Waals surface area contributed by atoms with Crippen molar-refractivity contribution in [2.24, 2.45) is 5.10 Å². The van der Waals surface area contributed by atoms with E-state index in [1.807, 2.05) is 6.07 Å². The molecule has 3 aromatic carbocycles. The Bertz CT molecular complexity index is 1120. The van der Waals surface area contributed by atoms with Crippen LogP contribution in [0.1, 0.15) is 15.9 Å². The molecular formula is C22H17BrFN3O3S. The van der Waals surface area contributed by atoms with Crippen LogP contribution in [0.25, 0.3) is 0 Å². The zero-order chi connectivity index (χ0) is 22.2. The summed E-state index contributed by atoms with van der Waals surface area (Å²) in [5.74, 6) is -0.174. The molecule has 158 valence electrons. The molecule has 0 saturated carbocycles. The number of nitrogens with zero attached hydrogens (tertiary/aromatic N) is 1. The average molecular weight is 502 g/mol. The topological polar surface area (TPSA) is 71.9 Å². The first-order valence-corrected chi connectivity index (χ1v) is 10.2. The molecule has 0 aliphatic rings. The zero-order valence-corrected chi connectivity index (χ0v) is 18.7.